The number of aryl methyl sites for hydroxylation is 1. The van der Waals surface area contributed by atoms with Crippen LogP contribution in [0.15, 0.2) is 40.2 Å². The van der Waals surface area contributed by atoms with E-state index in [0.717, 1.165) is 49.0 Å². The van der Waals surface area contributed by atoms with Crippen LogP contribution in [0.4, 0.5) is 5.69 Å². The Kier molecular flexibility index (Phi) is 4.49. The van der Waals surface area contributed by atoms with E-state index in [1.807, 2.05) is 6.92 Å². The molecular weight excluding hydrogens is 360 g/mol. The van der Waals surface area contributed by atoms with E-state index < -0.39 is 0 Å². The summed E-state index contributed by atoms with van der Waals surface area (Å²) in [4.78, 5) is 2.60. The summed E-state index contributed by atoms with van der Waals surface area (Å²) in [6, 6.07) is 6.50. The van der Waals surface area contributed by atoms with Gasteiger partial charge in [-0.2, -0.15) is 5.11 Å². The van der Waals surface area contributed by atoms with Crippen LogP contribution in [0.3, 0.4) is 0 Å². The second-order valence-electron chi connectivity index (χ2n) is 8.15. The number of fused-ring (bicyclic) bond motifs is 1. The Balaban J connectivity index is 1.62. The molecule has 0 radical (unpaired) electrons. The average Bonchev–Trinajstić information content (AvgIpc) is 3.40. The highest BCUT2D eigenvalue weighted by atomic mass is 35.5. The van der Waals surface area contributed by atoms with E-state index in [4.69, 9.17) is 26.7 Å². The van der Waals surface area contributed by atoms with Crippen LogP contribution in [0.2, 0.25) is 5.02 Å². The zero-order chi connectivity index (χ0) is 18.4. The van der Waals surface area contributed by atoms with E-state index in [0.29, 0.717) is 5.92 Å². The van der Waals surface area contributed by atoms with Gasteiger partial charge in [0.2, 0.25) is 0 Å². The van der Waals surface area contributed by atoms with E-state index >= 15 is 0 Å². The van der Waals surface area contributed by atoms with Gasteiger partial charge in [0.15, 0.2) is 0 Å². The highest BCUT2D eigenvalue weighted by Crippen LogP contribution is 2.54. The molecule has 1 saturated heterocycles. The lowest BCUT2D eigenvalue weighted by Crippen LogP contribution is -2.66. The molecule has 1 aromatic carbocycles. The average molecular weight is 387 g/mol. The van der Waals surface area contributed by atoms with Crippen LogP contribution >= 0.6 is 11.6 Å². The van der Waals surface area contributed by atoms with E-state index in [9.17, 15) is 0 Å². The van der Waals surface area contributed by atoms with Crippen LogP contribution < -0.4 is 5.01 Å². The molecule has 2 heterocycles. The highest BCUT2D eigenvalue weighted by Gasteiger charge is 2.62. The van der Waals surface area contributed by atoms with Crippen molar-refractivity contribution in [1.29, 1.82) is 0 Å². The molecule has 2 aliphatic carbocycles. The standard InChI is InChI=1S/C21H27ClN4O/c1-15-6-7-17(14-19(15)22)26-21(25-10-12-27-13-11-25)18(16-4-2-3-5-16)8-9-20(21)23-24-26/h4,6-7,14,18,20H,2-3,5,8-13H2,1H3/t18-,20-,21-/m0/s1. The summed E-state index contributed by atoms with van der Waals surface area (Å²) in [5, 5.41) is 12.5. The fourth-order valence-electron chi connectivity index (χ4n) is 5.53. The van der Waals surface area contributed by atoms with Gasteiger partial charge in [-0.3, -0.25) is 4.90 Å². The van der Waals surface area contributed by atoms with Crippen molar-refractivity contribution in [3.05, 3.63) is 40.4 Å². The molecule has 3 atom stereocenters. The molecule has 6 heteroatoms. The van der Waals surface area contributed by atoms with E-state index in [1.165, 1.54) is 25.7 Å². The molecule has 0 bridgehead atoms. The summed E-state index contributed by atoms with van der Waals surface area (Å²) < 4.78 is 5.68. The molecule has 0 aromatic heterocycles. The first-order chi connectivity index (χ1) is 13.2. The zero-order valence-electron chi connectivity index (χ0n) is 15.9. The van der Waals surface area contributed by atoms with Crippen molar-refractivity contribution >= 4 is 17.3 Å². The maximum atomic E-state index is 6.49. The molecule has 2 fully saturated rings. The largest absolute Gasteiger partial charge is 0.379 e. The Hall–Kier alpha value is -1.43. The zero-order valence-corrected chi connectivity index (χ0v) is 16.7. The highest BCUT2D eigenvalue weighted by molar-refractivity contribution is 6.31. The molecule has 0 spiro atoms. The lowest BCUT2D eigenvalue weighted by atomic mass is 9.84. The summed E-state index contributed by atoms with van der Waals surface area (Å²) in [5.41, 5.74) is 3.54. The molecule has 5 rings (SSSR count). The number of rotatable bonds is 3. The van der Waals surface area contributed by atoms with Gasteiger partial charge in [-0.05, 0) is 56.7 Å². The molecule has 1 aromatic rings. The monoisotopic (exact) mass is 386 g/mol. The van der Waals surface area contributed by atoms with Gasteiger partial charge in [0, 0.05) is 24.0 Å². The van der Waals surface area contributed by atoms with Crippen LogP contribution in [-0.4, -0.2) is 42.9 Å². The van der Waals surface area contributed by atoms with Crippen molar-refractivity contribution in [3.63, 3.8) is 0 Å². The van der Waals surface area contributed by atoms with Crippen LogP contribution in [0.5, 0.6) is 0 Å². The van der Waals surface area contributed by atoms with Crippen molar-refractivity contribution in [2.24, 2.45) is 16.3 Å². The van der Waals surface area contributed by atoms with Crippen LogP contribution in [-0.2, 0) is 4.74 Å². The van der Waals surface area contributed by atoms with Crippen molar-refractivity contribution < 1.29 is 4.74 Å². The molecule has 0 amide bonds. The van der Waals surface area contributed by atoms with Gasteiger partial charge in [0.1, 0.15) is 11.7 Å². The second kappa shape index (κ2) is 6.87. The lowest BCUT2D eigenvalue weighted by molar-refractivity contribution is -0.0340. The van der Waals surface area contributed by atoms with Gasteiger partial charge >= 0.3 is 0 Å². The molecule has 4 aliphatic rings. The fourth-order valence-corrected chi connectivity index (χ4v) is 5.70. The summed E-state index contributed by atoms with van der Waals surface area (Å²) in [7, 11) is 0. The molecule has 5 nitrogen and oxygen atoms in total. The number of allylic oxidation sites excluding steroid dienone is 1. The Labute approximate surface area is 166 Å². The smallest absolute Gasteiger partial charge is 0.148 e. The number of nitrogens with zero attached hydrogens (tertiary/aromatic N) is 4. The molecule has 2 aliphatic heterocycles. The van der Waals surface area contributed by atoms with Gasteiger partial charge in [0.25, 0.3) is 0 Å². The normalized spacial score (nSPS) is 33.6. The second-order valence-corrected chi connectivity index (χ2v) is 8.56. The van der Waals surface area contributed by atoms with Crippen molar-refractivity contribution in [2.45, 2.75) is 50.7 Å². The number of hydrogen-bond acceptors (Lipinski definition) is 5. The molecule has 1 saturated carbocycles. The third kappa shape index (κ3) is 2.66. The predicted octanol–water partition coefficient (Wildman–Crippen LogP) is 4.75. The molecule has 0 unspecified atom stereocenters. The Morgan fingerprint density at radius 3 is 2.81 bits per heavy atom. The predicted molar refractivity (Wildman–Crippen MR) is 107 cm³/mol. The molecule has 144 valence electrons. The Bertz CT molecular complexity index is 788. The minimum atomic E-state index is -0.210. The van der Waals surface area contributed by atoms with E-state index in [1.54, 1.807) is 5.57 Å². The summed E-state index contributed by atoms with van der Waals surface area (Å²) in [6.45, 7) is 5.47. The Morgan fingerprint density at radius 1 is 1.22 bits per heavy atom. The summed E-state index contributed by atoms with van der Waals surface area (Å²) in [5.74, 6) is 0.471. The quantitative estimate of drug-likeness (QED) is 0.703. The van der Waals surface area contributed by atoms with Gasteiger partial charge in [0.05, 0.1) is 18.9 Å². The lowest BCUT2D eigenvalue weighted by Gasteiger charge is -2.50. The number of ether oxygens (including phenoxy) is 1. The maximum Gasteiger partial charge on any atom is 0.148 e. The number of anilines is 1. The number of halogens is 1. The summed E-state index contributed by atoms with van der Waals surface area (Å²) >= 11 is 6.49. The number of morpholine rings is 1. The minimum Gasteiger partial charge on any atom is -0.379 e. The van der Waals surface area contributed by atoms with Crippen molar-refractivity contribution in [2.75, 3.05) is 31.3 Å². The van der Waals surface area contributed by atoms with Crippen molar-refractivity contribution in [3.8, 4) is 0 Å². The van der Waals surface area contributed by atoms with E-state index in [2.05, 4.69) is 34.2 Å². The molecular formula is C21H27ClN4O. The SMILES string of the molecule is Cc1ccc(N2N=N[C@H]3CC[C@@H](C4=CCCC4)[C@@]32N2CCOCC2)cc1Cl. The third-order valence-electron chi connectivity index (χ3n) is 6.79. The first-order valence-electron chi connectivity index (χ1n) is 10.2. The maximum absolute atomic E-state index is 6.49. The minimum absolute atomic E-state index is 0.210. The molecule has 0 N–H and O–H groups in total. The number of benzene rings is 1. The van der Waals surface area contributed by atoms with E-state index in [-0.39, 0.29) is 11.7 Å². The van der Waals surface area contributed by atoms with Gasteiger partial charge in [-0.1, -0.05) is 34.5 Å². The van der Waals surface area contributed by atoms with Crippen LogP contribution in [0, 0.1) is 12.8 Å². The van der Waals surface area contributed by atoms with Gasteiger partial charge in [-0.15, -0.1) is 0 Å². The Morgan fingerprint density at radius 2 is 2.07 bits per heavy atom. The fraction of sp³-hybridized carbons (Fsp3) is 0.619. The third-order valence-corrected chi connectivity index (χ3v) is 7.20. The molecule has 27 heavy (non-hydrogen) atoms. The topological polar surface area (TPSA) is 40.4 Å². The first-order valence-corrected chi connectivity index (χ1v) is 10.6. The first kappa shape index (κ1) is 17.7. The van der Waals surface area contributed by atoms with Crippen molar-refractivity contribution in [1.82, 2.24) is 4.90 Å². The van der Waals surface area contributed by atoms with Gasteiger partial charge in [-0.25, -0.2) is 5.01 Å². The van der Waals surface area contributed by atoms with Crippen LogP contribution in [0.25, 0.3) is 0 Å². The van der Waals surface area contributed by atoms with Gasteiger partial charge < -0.3 is 4.74 Å². The number of hydrogen-bond donors (Lipinski definition) is 0. The van der Waals surface area contributed by atoms with Crippen LogP contribution in [0.1, 0.15) is 37.7 Å². The summed E-state index contributed by atoms with van der Waals surface area (Å²) in [6.07, 6.45) is 8.46.